The summed E-state index contributed by atoms with van der Waals surface area (Å²) in [6, 6.07) is 12.9. The van der Waals surface area contributed by atoms with Crippen LogP contribution < -0.4 is 9.64 Å². The number of pyridine rings is 1. The van der Waals surface area contributed by atoms with Crippen LogP contribution in [-0.2, 0) is 10.0 Å². The second-order valence-corrected chi connectivity index (χ2v) is 11.7. The molecule has 0 saturated carbocycles. The third-order valence-electron chi connectivity index (χ3n) is 7.33. The predicted octanol–water partition coefficient (Wildman–Crippen LogP) is 4.94. The van der Waals surface area contributed by atoms with Crippen molar-refractivity contribution in [3.05, 3.63) is 72.1 Å². The van der Waals surface area contributed by atoms with Crippen LogP contribution in [0.1, 0.15) is 24.8 Å². The molecule has 0 unspecified atom stereocenters. The lowest BCUT2D eigenvalue weighted by Gasteiger charge is -2.40. The van der Waals surface area contributed by atoms with E-state index in [9.17, 15) is 22.5 Å². The maximum absolute atomic E-state index is 13.6. The molecule has 0 N–H and O–H groups in total. The number of hydrogen-bond donors (Lipinski definition) is 0. The molecule has 5 rings (SSSR count). The Kier molecular flexibility index (Phi) is 6.60. The number of piperidine rings is 1. The highest BCUT2D eigenvalue weighted by Gasteiger charge is 2.43. The molecular weight excluding hydrogens is 498 g/mol. The maximum Gasteiger partial charge on any atom is 0.211 e. The largest absolute Gasteiger partial charge is 0.456 e. The number of benzene rings is 2. The number of ether oxygens (including phenoxy) is 1. The first-order chi connectivity index (χ1) is 17.7. The van der Waals surface area contributed by atoms with Gasteiger partial charge in [0.15, 0.2) is 11.6 Å². The zero-order valence-corrected chi connectivity index (χ0v) is 21.1. The second kappa shape index (κ2) is 9.72. The Morgan fingerprint density at radius 3 is 2.38 bits per heavy atom. The van der Waals surface area contributed by atoms with Crippen LogP contribution in [0.3, 0.4) is 0 Å². The fraction of sp³-hybridized carbons (Fsp3) is 0.333. The van der Waals surface area contributed by atoms with E-state index in [1.165, 1.54) is 24.7 Å². The smallest absolute Gasteiger partial charge is 0.211 e. The summed E-state index contributed by atoms with van der Waals surface area (Å²) >= 11 is 0. The van der Waals surface area contributed by atoms with Crippen LogP contribution in [0.15, 0.2) is 54.9 Å². The van der Waals surface area contributed by atoms with E-state index in [0.29, 0.717) is 41.3 Å². The summed E-state index contributed by atoms with van der Waals surface area (Å²) in [5, 5.41) is 9.83. The molecule has 0 atom stereocenters. The first-order valence-electron chi connectivity index (χ1n) is 12.0. The zero-order valence-electron chi connectivity index (χ0n) is 20.3. The Morgan fingerprint density at radius 2 is 1.70 bits per heavy atom. The molecule has 7 nitrogen and oxygen atoms in total. The first-order valence-corrected chi connectivity index (χ1v) is 13.8. The van der Waals surface area contributed by atoms with Gasteiger partial charge >= 0.3 is 0 Å². The molecule has 1 spiro atoms. The van der Waals surface area contributed by atoms with Crippen molar-refractivity contribution in [2.45, 2.75) is 19.3 Å². The van der Waals surface area contributed by atoms with E-state index < -0.39 is 21.7 Å². The van der Waals surface area contributed by atoms with Crippen molar-refractivity contribution in [1.29, 1.82) is 5.26 Å². The SMILES string of the molecule is CS(=O)(=O)N1CCC2(CCN(c3ccc(Oc4cncc(-c5ccc(F)c(F)c5)c4)cc3C#N)CC2)C1. The van der Waals surface area contributed by atoms with Gasteiger partial charge in [-0.3, -0.25) is 4.98 Å². The van der Waals surface area contributed by atoms with E-state index in [-0.39, 0.29) is 5.41 Å². The zero-order chi connectivity index (χ0) is 26.2. The van der Waals surface area contributed by atoms with Crippen LogP contribution in [0, 0.1) is 28.4 Å². The molecule has 10 heteroatoms. The number of nitriles is 1. The Bertz CT molecular complexity index is 1480. The summed E-state index contributed by atoms with van der Waals surface area (Å²) in [7, 11) is -3.18. The fourth-order valence-electron chi connectivity index (χ4n) is 5.20. The Balaban J connectivity index is 1.29. The number of hydrogen-bond acceptors (Lipinski definition) is 6. The molecule has 0 bridgehead atoms. The van der Waals surface area contributed by atoms with Gasteiger partial charge in [-0.2, -0.15) is 5.26 Å². The highest BCUT2D eigenvalue weighted by atomic mass is 32.2. The molecule has 1 aromatic heterocycles. The molecule has 37 heavy (non-hydrogen) atoms. The second-order valence-electron chi connectivity index (χ2n) is 9.76. The van der Waals surface area contributed by atoms with Gasteiger partial charge in [0.25, 0.3) is 0 Å². The Hall–Kier alpha value is -3.55. The Morgan fingerprint density at radius 1 is 0.946 bits per heavy atom. The van der Waals surface area contributed by atoms with E-state index >= 15 is 0 Å². The highest BCUT2D eigenvalue weighted by molar-refractivity contribution is 7.88. The van der Waals surface area contributed by atoms with Crippen molar-refractivity contribution in [3.8, 4) is 28.7 Å². The standard InChI is InChI=1S/C27H26F2N4O3S/c1-37(34,35)33-11-8-27(18-33)6-9-32(10-7-27)26-5-3-22(12-20(26)15-30)36-23-13-21(16-31-17-23)19-2-4-24(28)25(29)14-19/h2-5,12-14,16-17H,6-11,18H2,1H3. The monoisotopic (exact) mass is 524 g/mol. The summed E-state index contributed by atoms with van der Waals surface area (Å²) in [6.45, 7) is 2.62. The lowest BCUT2D eigenvalue weighted by atomic mass is 9.77. The van der Waals surface area contributed by atoms with Crippen LogP contribution in [0.2, 0.25) is 0 Å². The third kappa shape index (κ3) is 5.29. The van der Waals surface area contributed by atoms with Crippen LogP contribution in [0.25, 0.3) is 11.1 Å². The van der Waals surface area contributed by atoms with Crippen molar-refractivity contribution < 1.29 is 21.9 Å². The van der Waals surface area contributed by atoms with Crippen molar-refractivity contribution in [2.75, 3.05) is 37.3 Å². The van der Waals surface area contributed by atoms with E-state index in [0.717, 1.165) is 50.2 Å². The van der Waals surface area contributed by atoms with Gasteiger partial charge in [0.05, 0.1) is 23.7 Å². The van der Waals surface area contributed by atoms with Gasteiger partial charge in [0, 0.05) is 44.0 Å². The van der Waals surface area contributed by atoms with Crippen molar-refractivity contribution >= 4 is 15.7 Å². The molecule has 2 aliphatic rings. The average Bonchev–Trinajstić information content (AvgIpc) is 3.30. The van der Waals surface area contributed by atoms with E-state index in [1.807, 2.05) is 6.07 Å². The summed E-state index contributed by atoms with van der Waals surface area (Å²) in [4.78, 5) is 6.31. The summed E-state index contributed by atoms with van der Waals surface area (Å²) in [5.74, 6) is -1.01. The first kappa shape index (κ1) is 25.1. The average molecular weight is 525 g/mol. The number of anilines is 1. The number of halogens is 2. The lowest BCUT2D eigenvalue weighted by Crippen LogP contribution is -2.42. The molecule has 2 saturated heterocycles. The van der Waals surface area contributed by atoms with Gasteiger partial charge in [-0.05, 0) is 60.6 Å². The lowest BCUT2D eigenvalue weighted by molar-refractivity contribution is 0.235. The minimum absolute atomic E-state index is 0.000886. The fourth-order valence-corrected chi connectivity index (χ4v) is 6.13. The van der Waals surface area contributed by atoms with Crippen molar-refractivity contribution in [3.63, 3.8) is 0 Å². The van der Waals surface area contributed by atoms with Gasteiger partial charge in [-0.1, -0.05) is 6.07 Å². The van der Waals surface area contributed by atoms with Gasteiger partial charge in [0.1, 0.15) is 17.6 Å². The predicted molar refractivity (Wildman–Crippen MR) is 136 cm³/mol. The van der Waals surface area contributed by atoms with Gasteiger partial charge in [-0.15, -0.1) is 0 Å². The minimum Gasteiger partial charge on any atom is -0.456 e. The number of sulfonamides is 1. The van der Waals surface area contributed by atoms with Gasteiger partial charge in [0.2, 0.25) is 10.0 Å². The molecule has 2 aromatic carbocycles. The molecule has 0 aliphatic carbocycles. The summed E-state index contributed by atoms with van der Waals surface area (Å²) in [5.41, 5.74) is 2.33. The quantitative estimate of drug-likeness (QED) is 0.470. The molecule has 0 radical (unpaired) electrons. The number of aromatic nitrogens is 1. The molecule has 2 aliphatic heterocycles. The van der Waals surface area contributed by atoms with Gasteiger partial charge in [-0.25, -0.2) is 21.5 Å². The van der Waals surface area contributed by atoms with Crippen LogP contribution in [0.4, 0.5) is 14.5 Å². The van der Waals surface area contributed by atoms with Crippen molar-refractivity contribution in [2.24, 2.45) is 5.41 Å². The normalized spacial score (nSPS) is 17.6. The molecule has 2 fully saturated rings. The minimum atomic E-state index is -3.18. The van der Waals surface area contributed by atoms with E-state index in [1.54, 1.807) is 22.5 Å². The molecule has 192 valence electrons. The molecule has 0 amide bonds. The van der Waals surface area contributed by atoms with Crippen molar-refractivity contribution in [1.82, 2.24) is 9.29 Å². The van der Waals surface area contributed by atoms with E-state index in [2.05, 4.69) is 16.0 Å². The maximum atomic E-state index is 13.6. The molecule has 3 heterocycles. The summed E-state index contributed by atoms with van der Waals surface area (Å²) < 4.78 is 58.3. The van der Waals surface area contributed by atoms with Crippen LogP contribution in [0.5, 0.6) is 11.5 Å². The third-order valence-corrected chi connectivity index (χ3v) is 8.58. The van der Waals surface area contributed by atoms with Crippen LogP contribution in [-0.4, -0.2) is 50.1 Å². The number of nitrogens with zero attached hydrogens (tertiary/aromatic N) is 4. The highest BCUT2D eigenvalue weighted by Crippen LogP contribution is 2.42. The molecular formula is C27H26F2N4O3S. The summed E-state index contributed by atoms with van der Waals surface area (Å²) in [6.07, 6.45) is 6.90. The van der Waals surface area contributed by atoms with Gasteiger partial charge < -0.3 is 9.64 Å². The van der Waals surface area contributed by atoms with E-state index in [4.69, 9.17) is 4.74 Å². The number of rotatable bonds is 5. The van der Waals surface area contributed by atoms with Crippen LogP contribution >= 0.6 is 0 Å². The topological polar surface area (TPSA) is 86.5 Å². The molecule has 3 aromatic rings. The Labute approximate surface area is 215 Å².